The molecule has 0 N–H and O–H groups in total. The molecule has 2 fully saturated rings. The van der Waals surface area contributed by atoms with Crippen molar-refractivity contribution >= 4 is 11.9 Å². The smallest absolute Gasteiger partial charge is 0.317 e. The van der Waals surface area contributed by atoms with Crippen LogP contribution in [0.15, 0.2) is 0 Å². The fourth-order valence-corrected chi connectivity index (χ4v) is 2.36. The van der Waals surface area contributed by atoms with Crippen LogP contribution in [0.1, 0.15) is 47.0 Å². The van der Waals surface area contributed by atoms with Crippen LogP contribution < -0.4 is 0 Å². The first-order chi connectivity index (χ1) is 9.65. The lowest BCUT2D eigenvalue weighted by Gasteiger charge is -2.26. The maximum atomic E-state index is 11.8. The quantitative estimate of drug-likeness (QED) is 0.385. The Morgan fingerprint density at radius 1 is 0.905 bits per heavy atom. The normalized spacial score (nSPS) is 24.4. The van der Waals surface area contributed by atoms with Gasteiger partial charge in [0.05, 0.1) is 25.4 Å². The minimum atomic E-state index is -0.629. The van der Waals surface area contributed by atoms with Gasteiger partial charge in [-0.3, -0.25) is 9.59 Å². The first kappa shape index (κ1) is 16.2. The van der Waals surface area contributed by atoms with Crippen LogP contribution in [0.3, 0.4) is 0 Å². The van der Waals surface area contributed by atoms with Crippen LogP contribution in [-0.4, -0.2) is 48.6 Å². The molecule has 2 atom stereocenters. The number of carbonyl (C=O) groups excluding carboxylic acids is 2. The third kappa shape index (κ3) is 6.44. The number of ether oxygens (including phenoxy) is 4. The van der Waals surface area contributed by atoms with Gasteiger partial charge in [0.1, 0.15) is 17.6 Å². The monoisotopic (exact) mass is 300 g/mol. The molecule has 120 valence electrons. The van der Waals surface area contributed by atoms with Gasteiger partial charge in [-0.15, -0.1) is 0 Å². The number of epoxide rings is 2. The van der Waals surface area contributed by atoms with Crippen LogP contribution >= 0.6 is 0 Å². The fourth-order valence-electron chi connectivity index (χ4n) is 2.36. The zero-order chi connectivity index (χ0) is 15.7. The van der Waals surface area contributed by atoms with E-state index in [0.717, 1.165) is 0 Å². The molecule has 0 spiro atoms. The summed E-state index contributed by atoms with van der Waals surface area (Å²) in [5.74, 6) is -1.13. The van der Waals surface area contributed by atoms with E-state index in [-0.39, 0.29) is 18.6 Å². The zero-order valence-corrected chi connectivity index (χ0v) is 13.1. The van der Waals surface area contributed by atoms with Crippen LogP contribution in [0.2, 0.25) is 0 Å². The maximum absolute atomic E-state index is 11.8. The molecule has 0 aromatic heterocycles. The van der Waals surface area contributed by atoms with Gasteiger partial charge in [-0.2, -0.15) is 0 Å². The summed E-state index contributed by atoms with van der Waals surface area (Å²) < 4.78 is 20.9. The van der Waals surface area contributed by atoms with Crippen molar-refractivity contribution in [2.75, 3.05) is 13.2 Å². The lowest BCUT2D eigenvalue weighted by Crippen LogP contribution is -2.33. The highest BCUT2D eigenvalue weighted by Crippen LogP contribution is 2.27. The Balaban J connectivity index is 1.71. The molecule has 0 radical (unpaired) electrons. The van der Waals surface area contributed by atoms with Gasteiger partial charge in [0.2, 0.25) is 0 Å². The van der Waals surface area contributed by atoms with Gasteiger partial charge in [0.25, 0.3) is 0 Å². The molecule has 6 nitrogen and oxygen atoms in total. The highest BCUT2D eigenvalue weighted by molar-refractivity contribution is 5.91. The molecular formula is C15H24O6. The van der Waals surface area contributed by atoms with E-state index in [1.807, 2.05) is 27.7 Å². The number of hydrogen-bond donors (Lipinski definition) is 0. The third-order valence-electron chi connectivity index (χ3n) is 3.31. The Labute approximate surface area is 125 Å². The largest absolute Gasteiger partial charge is 0.459 e. The molecule has 2 saturated heterocycles. The van der Waals surface area contributed by atoms with Crippen LogP contribution in [0.5, 0.6) is 0 Å². The van der Waals surface area contributed by atoms with Gasteiger partial charge in [-0.25, -0.2) is 0 Å². The van der Waals surface area contributed by atoms with Crippen molar-refractivity contribution in [2.45, 2.75) is 70.4 Å². The molecule has 0 aromatic carbocycles. The molecule has 0 bridgehead atoms. The summed E-state index contributed by atoms with van der Waals surface area (Å²) in [6.45, 7) is 8.66. The van der Waals surface area contributed by atoms with Crippen molar-refractivity contribution in [3.8, 4) is 0 Å². The zero-order valence-electron chi connectivity index (χ0n) is 13.1. The number of hydrogen-bond acceptors (Lipinski definition) is 6. The molecule has 2 unspecified atom stereocenters. The van der Waals surface area contributed by atoms with Gasteiger partial charge in [0.15, 0.2) is 0 Å². The molecular weight excluding hydrogens is 276 g/mol. The highest BCUT2D eigenvalue weighted by atomic mass is 16.6. The van der Waals surface area contributed by atoms with E-state index < -0.39 is 23.1 Å². The molecule has 2 aliphatic rings. The van der Waals surface area contributed by atoms with Gasteiger partial charge in [-0.05, 0) is 27.7 Å². The van der Waals surface area contributed by atoms with Crippen molar-refractivity contribution in [1.82, 2.24) is 0 Å². The van der Waals surface area contributed by atoms with Crippen LogP contribution in [0.4, 0.5) is 0 Å². The molecule has 2 heterocycles. The second-order valence-corrected chi connectivity index (χ2v) is 6.96. The SMILES string of the molecule is CC(C)(CC1CO1)OC(=O)CC(=O)OC(C)(C)CC1CO1. The average molecular weight is 300 g/mol. The molecule has 2 aliphatic heterocycles. The number of rotatable bonds is 8. The molecule has 0 saturated carbocycles. The van der Waals surface area contributed by atoms with Gasteiger partial charge in [-0.1, -0.05) is 0 Å². The fraction of sp³-hybridized carbons (Fsp3) is 0.867. The molecule has 2 rings (SSSR count). The van der Waals surface area contributed by atoms with E-state index in [4.69, 9.17) is 18.9 Å². The predicted molar refractivity (Wildman–Crippen MR) is 73.7 cm³/mol. The summed E-state index contributed by atoms with van der Waals surface area (Å²) in [5, 5.41) is 0. The molecule has 0 aromatic rings. The Hall–Kier alpha value is -1.14. The first-order valence-corrected chi connectivity index (χ1v) is 7.32. The van der Waals surface area contributed by atoms with E-state index >= 15 is 0 Å². The topological polar surface area (TPSA) is 77.7 Å². The Bertz CT molecular complexity index is 368. The second kappa shape index (κ2) is 5.93. The molecule has 6 heteroatoms. The lowest BCUT2D eigenvalue weighted by atomic mass is 10.0. The van der Waals surface area contributed by atoms with Gasteiger partial charge >= 0.3 is 11.9 Å². The average Bonchev–Trinajstić information content (AvgIpc) is 3.11. The van der Waals surface area contributed by atoms with E-state index in [0.29, 0.717) is 26.1 Å². The number of carbonyl (C=O) groups is 2. The number of esters is 2. The van der Waals surface area contributed by atoms with Crippen molar-refractivity contribution in [1.29, 1.82) is 0 Å². The van der Waals surface area contributed by atoms with Crippen LogP contribution in [-0.2, 0) is 28.5 Å². The van der Waals surface area contributed by atoms with Crippen molar-refractivity contribution < 1.29 is 28.5 Å². The second-order valence-electron chi connectivity index (χ2n) is 6.96. The summed E-state index contributed by atoms with van der Waals surface area (Å²) in [5.41, 5.74) is -1.26. The minimum Gasteiger partial charge on any atom is -0.459 e. The third-order valence-corrected chi connectivity index (χ3v) is 3.31. The van der Waals surface area contributed by atoms with Crippen LogP contribution in [0, 0.1) is 0 Å². The van der Waals surface area contributed by atoms with Gasteiger partial charge < -0.3 is 18.9 Å². The van der Waals surface area contributed by atoms with Crippen LogP contribution in [0.25, 0.3) is 0 Å². The van der Waals surface area contributed by atoms with Crippen molar-refractivity contribution in [2.24, 2.45) is 0 Å². The maximum Gasteiger partial charge on any atom is 0.317 e. The van der Waals surface area contributed by atoms with Crippen molar-refractivity contribution in [3.05, 3.63) is 0 Å². The standard InChI is InChI=1S/C15H24O6/c1-14(2,6-10-8-18-10)20-12(16)5-13(17)21-15(3,4)7-11-9-19-11/h10-11H,5-9H2,1-4H3. The van der Waals surface area contributed by atoms with E-state index in [1.165, 1.54) is 0 Å². The minimum absolute atomic E-state index is 0.164. The van der Waals surface area contributed by atoms with E-state index in [2.05, 4.69) is 0 Å². The highest BCUT2D eigenvalue weighted by Gasteiger charge is 2.36. The molecule has 0 amide bonds. The van der Waals surface area contributed by atoms with E-state index in [9.17, 15) is 9.59 Å². The Morgan fingerprint density at radius 3 is 1.52 bits per heavy atom. The summed E-state index contributed by atoms with van der Waals surface area (Å²) in [6, 6.07) is 0. The first-order valence-electron chi connectivity index (χ1n) is 7.32. The predicted octanol–water partition coefficient (Wildman–Crippen LogP) is 1.60. The van der Waals surface area contributed by atoms with E-state index in [1.54, 1.807) is 0 Å². The Kier molecular flexibility index (Phi) is 4.58. The summed E-state index contributed by atoms with van der Waals surface area (Å²) in [6.07, 6.45) is 1.23. The van der Waals surface area contributed by atoms with Crippen molar-refractivity contribution in [3.63, 3.8) is 0 Å². The Morgan fingerprint density at radius 2 is 1.24 bits per heavy atom. The van der Waals surface area contributed by atoms with Gasteiger partial charge in [0, 0.05) is 12.8 Å². The summed E-state index contributed by atoms with van der Waals surface area (Å²) >= 11 is 0. The molecule has 21 heavy (non-hydrogen) atoms. The summed E-state index contributed by atoms with van der Waals surface area (Å²) in [7, 11) is 0. The lowest BCUT2D eigenvalue weighted by molar-refractivity contribution is -0.168. The molecule has 0 aliphatic carbocycles. The summed E-state index contributed by atoms with van der Waals surface area (Å²) in [4.78, 5) is 23.6.